The lowest BCUT2D eigenvalue weighted by Gasteiger charge is -2.07. The van der Waals surface area contributed by atoms with Crippen molar-refractivity contribution >= 4 is 29.3 Å². The summed E-state index contributed by atoms with van der Waals surface area (Å²) in [5, 5.41) is 12.3. The van der Waals surface area contributed by atoms with Gasteiger partial charge < -0.3 is 5.32 Å². The quantitative estimate of drug-likeness (QED) is 0.646. The molecule has 128 valence electrons. The Morgan fingerprint density at radius 1 is 1.16 bits per heavy atom. The van der Waals surface area contributed by atoms with E-state index in [1.165, 1.54) is 11.8 Å². The number of halogens is 1. The second kappa shape index (κ2) is 8.69. The highest BCUT2D eigenvalue weighted by Crippen LogP contribution is 2.19. The van der Waals surface area contributed by atoms with Crippen molar-refractivity contribution in [1.29, 1.82) is 0 Å². The Kier molecular flexibility index (Phi) is 6.09. The van der Waals surface area contributed by atoms with Crippen LogP contribution in [0.4, 0.5) is 0 Å². The number of nitrogens with zero attached hydrogens (tertiary/aromatic N) is 3. The van der Waals surface area contributed by atoms with Crippen molar-refractivity contribution in [2.75, 3.05) is 12.3 Å². The van der Waals surface area contributed by atoms with Gasteiger partial charge in [0, 0.05) is 17.3 Å². The first kappa shape index (κ1) is 17.5. The van der Waals surface area contributed by atoms with E-state index in [1.54, 1.807) is 6.33 Å². The largest absolute Gasteiger partial charge is 0.355 e. The molecule has 1 N–H and O–H groups in total. The number of para-hydroxylation sites is 1. The second-order valence-corrected chi connectivity index (χ2v) is 6.72. The number of aromatic nitrogens is 3. The molecule has 0 fully saturated rings. The average molecular weight is 373 g/mol. The van der Waals surface area contributed by atoms with Crippen LogP contribution >= 0.6 is 23.4 Å². The molecule has 1 amide bonds. The highest BCUT2D eigenvalue weighted by atomic mass is 35.5. The molecule has 0 unspecified atom stereocenters. The normalized spacial score (nSPS) is 10.6. The summed E-state index contributed by atoms with van der Waals surface area (Å²) in [7, 11) is 0. The minimum atomic E-state index is -0.0327. The van der Waals surface area contributed by atoms with Gasteiger partial charge in [-0.05, 0) is 36.2 Å². The first-order valence-corrected chi connectivity index (χ1v) is 9.18. The number of hydrogen-bond donors (Lipinski definition) is 1. The number of carbonyl (C=O) groups excluding carboxylic acids is 1. The van der Waals surface area contributed by atoms with E-state index in [1.807, 2.05) is 59.2 Å². The van der Waals surface area contributed by atoms with Gasteiger partial charge in [-0.3, -0.25) is 9.36 Å². The summed E-state index contributed by atoms with van der Waals surface area (Å²) in [5.41, 5.74) is 2.07. The summed E-state index contributed by atoms with van der Waals surface area (Å²) in [6, 6.07) is 17.4. The van der Waals surface area contributed by atoms with Gasteiger partial charge in [-0.15, -0.1) is 10.2 Å². The predicted octanol–water partition coefficient (Wildman–Crippen LogP) is 3.37. The zero-order chi connectivity index (χ0) is 17.5. The van der Waals surface area contributed by atoms with Gasteiger partial charge in [0.05, 0.1) is 5.75 Å². The van der Waals surface area contributed by atoms with Crippen LogP contribution < -0.4 is 5.32 Å². The van der Waals surface area contributed by atoms with Crippen molar-refractivity contribution in [2.45, 2.75) is 11.6 Å². The van der Waals surface area contributed by atoms with Gasteiger partial charge in [0.15, 0.2) is 5.16 Å². The van der Waals surface area contributed by atoms with Gasteiger partial charge in [0.2, 0.25) is 5.91 Å². The molecule has 3 aromatic rings. The number of nitrogens with one attached hydrogen (secondary N) is 1. The van der Waals surface area contributed by atoms with Crippen molar-refractivity contribution in [3.05, 3.63) is 71.5 Å². The van der Waals surface area contributed by atoms with Gasteiger partial charge in [-0.25, -0.2) is 0 Å². The molecule has 1 heterocycles. The van der Waals surface area contributed by atoms with E-state index >= 15 is 0 Å². The summed E-state index contributed by atoms with van der Waals surface area (Å²) in [6.45, 7) is 0.575. The lowest BCUT2D eigenvalue weighted by atomic mass is 10.1. The number of rotatable bonds is 7. The van der Waals surface area contributed by atoms with Crippen LogP contribution in [0.2, 0.25) is 5.02 Å². The van der Waals surface area contributed by atoms with Crippen molar-refractivity contribution in [2.24, 2.45) is 0 Å². The zero-order valence-electron chi connectivity index (χ0n) is 13.4. The Labute approximate surface area is 155 Å². The maximum atomic E-state index is 12.0. The Hall–Kier alpha value is -2.31. The lowest BCUT2D eigenvalue weighted by molar-refractivity contribution is -0.118. The Balaban J connectivity index is 1.48. The highest BCUT2D eigenvalue weighted by Gasteiger charge is 2.09. The van der Waals surface area contributed by atoms with Crippen molar-refractivity contribution < 1.29 is 4.79 Å². The Morgan fingerprint density at radius 2 is 2.00 bits per heavy atom. The van der Waals surface area contributed by atoms with Gasteiger partial charge >= 0.3 is 0 Å². The fraction of sp³-hybridized carbons (Fsp3) is 0.167. The molecule has 0 saturated heterocycles. The van der Waals surface area contributed by atoms with Crippen LogP contribution in [0.25, 0.3) is 5.69 Å². The molecule has 0 radical (unpaired) electrons. The molecule has 1 aromatic heterocycles. The van der Waals surface area contributed by atoms with Crippen molar-refractivity contribution in [3.8, 4) is 5.69 Å². The molecule has 25 heavy (non-hydrogen) atoms. The van der Waals surface area contributed by atoms with Gasteiger partial charge in [0.25, 0.3) is 0 Å². The van der Waals surface area contributed by atoms with E-state index in [4.69, 9.17) is 11.6 Å². The van der Waals surface area contributed by atoms with Crippen LogP contribution in [0, 0.1) is 0 Å². The third-order valence-electron chi connectivity index (χ3n) is 3.51. The molecule has 2 aromatic carbocycles. The number of amides is 1. The monoisotopic (exact) mass is 372 g/mol. The molecule has 5 nitrogen and oxygen atoms in total. The second-order valence-electron chi connectivity index (χ2n) is 5.34. The SMILES string of the molecule is O=C(CSc1nncn1-c1ccccc1)NCCc1cccc(Cl)c1. The van der Waals surface area contributed by atoms with E-state index in [0.717, 1.165) is 17.7 Å². The molecule has 0 aliphatic carbocycles. The summed E-state index contributed by atoms with van der Waals surface area (Å²) in [4.78, 5) is 12.0. The van der Waals surface area contributed by atoms with Crippen molar-refractivity contribution in [1.82, 2.24) is 20.1 Å². The van der Waals surface area contributed by atoms with Crippen LogP contribution in [0.3, 0.4) is 0 Å². The molecule has 0 atom stereocenters. The van der Waals surface area contributed by atoms with Crippen molar-refractivity contribution in [3.63, 3.8) is 0 Å². The van der Waals surface area contributed by atoms with E-state index < -0.39 is 0 Å². The minimum absolute atomic E-state index is 0.0327. The fourth-order valence-corrected chi connectivity index (χ4v) is 3.28. The van der Waals surface area contributed by atoms with Crippen LogP contribution in [0.1, 0.15) is 5.56 Å². The van der Waals surface area contributed by atoms with E-state index in [0.29, 0.717) is 22.5 Å². The van der Waals surface area contributed by atoms with Gasteiger partial charge in [-0.1, -0.05) is 53.7 Å². The number of carbonyl (C=O) groups is 1. The van der Waals surface area contributed by atoms with Crippen LogP contribution in [-0.2, 0) is 11.2 Å². The topological polar surface area (TPSA) is 59.8 Å². The van der Waals surface area contributed by atoms with E-state index in [9.17, 15) is 4.79 Å². The zero-order valence-corrected chi connectivity index (χ0v) is 15.0. The summed E-state index contributed by atoms with van der Waals surface area (Å²) in [5.74, 6) is 0.260. The smallest absolute Gasteiger partial charge is 0.230 e. The predicted molar refractivity (Wildman–Crippen MR) is 100 cm³/mol. The van der Waals surface area contributed by atoms with Gasteiger partial charge in [0.1, 0.15) is 6.33 Å². The molecule has 0 spiro atoms. The van der Waals surface area contributed by atoms with Crippen LogP contribution in [0.5, 0.6) is 0 Å². The highest BCUT2D eigenvalue weighted by molar-refractivity contribution is 7.99. The third-order valence-corrected chi connectivity index (χ3v) is 4.69. The molecule has 0 saturated carbocycles. The Morgan fingerprint density at radius 3 is 2.80 bits per heavy atom. The summed E-state index contributed by atoms with van der Waals surface area (Å²) in [6.07, 6.45) is 2.39. The number of thioether (sulfide) groups is 1. The maximum Gasteiger partial charge on any atom is 0.230 e. The maximum absolute atomic E-state index is 12.0. The first-order chi connectivity index (χ1) is 12.2. The molecule has 0 aliphatic rings. The van der Waals surface area contributed by atoms with Gasteiger partial charge in [-0.2, -0.15) is 0 Å². The van der Waals surface area contributed by atoms with E-state index in [-0.39, 0.29) is 5.91 Å². The average Bonchev–Trinajstić information content (AvgIpc) is 3.09. The Bertz CT molecular complexity index is 838. The molecule has 0 aliphatic heterocycles. The number of hydrogen-bond acceptors (Lipinski definition) is 4. The van der Waals surface area contributed by atoms with Crippen LogP contribution in [0.15, 0.2) is 66.1 Å². The number of benzene rings is 2. The molecular formula is C18H17ClN4OS. The standard InChI is InChI=1S/C18H17ClN4OS/c19-15-6-4-5-14(11-15)9-10-20-17(24)12-25-18-22-21-13-23(18)16-7-2-1-3-8-16/h1-8,11,13H,9-10,12H2,(H,20,24). The minimum Gasteiger partial charge on any atom is -0.355 e. The lowest BCUT2D eigenvalue weighted by Crippen LogP contribution is -2.27. The summed E-state index contributed by atoms with van der Waals surface area (Å²) >= 11 is 7.31. The van der Waals surface area contributed by atoms with Crippen LogP contribution in [-0.4, -0.2) is 33.0 Å². The van der Waals surface area contributed by atoms with E-state index in [2.05, 4.69) is 15.5 Å². The summed E-state index contributed by atoms with van der Waals surface area (Å²) < 4.78 is 1.86. The molecular weight excluding hydrogens is 356 g/mol. The fourth-order valence-electron chi connectivity index (χ4n) is 2.31. The molecule has 7 heteroatoms. The molecule has 3 rings (SSSR count). The first-order valence-electron chi connectivity index (χ1n) is 7.82. The molecule has 0 bridgehead atoms. The third kappa shape index (κ3) is 5.08.